The van der Waals surface area contributed by atoms with Crippen LogP contribution >= 0.6 is 27.7 Å². The summed E-state index contributed by atoms with van der Waals surface area (Å²) in [6.45, 7) is 0. The van der Waals surface area contributed by atoms with E-state index in [1.165, 1.54) is 0 Å². The Morgan fingerprint density at radius 2 is 1.79 bits per heavy atom. The number of hydrogen-bond acceptors (Lipinski definition) is 5. The van der Waals surface area contributed by atoms with Crippen LogP contribution < -0.4 is 10.6 Å². The third kappa shape index (κ3) is 3.54. The number of carbonyl (C=O) groups excluding carboxylic acids is 3. The SMILES string of the molecule is O=C1NC(=O)C(CCc2ccncc2)(CC2C=CC(Br)S2)C(=O)N1. The maximum absolute atomic E-state index is 12.6. The molecule has 1 aromatic heterocycles. The summed E-state index contributed by atoms with van der Waals surface area (Å²) in [6, 6.07) is 2.96. The van der Waals surface area contributed by atoms with E-state index in [1.807, 2.05) is 24.3 Å². The Morgan fingerprint density at radius 1 is 1.12 bits per heavy atom. The molecule has 0 aromatic carbocycles. The molecule has 2 unspecified atom stereocenters. The Hall–Kier alpha value is -1.67. The Bertz CT molecular complexity index is 675. The molecule has 1 fully saturated rings. The van der Waals surface area contributed by atoms with Crippen LogP contribution in [0.15, 0.2) is 36.7 Å². The Labute approximate surface area is 152 Å². The summed E-state index contributed by atoms with van der Waals surface area (Å²) in [4.78, 5) is 40.6. The summed E-state index contributed by atoms with van der Waals surface area (Å²) in [5.74, 6) is -1.03. The van der Waals surface area contributed by atoms with Crippen molar-refractivity contribution in [2.75, 3.05) is 0 Å². The van der Waals surface area contributed by atoms with E-state index in [2.05, 4.69) is 31.5 Å². The van der Waals surface area contributed by atoms with Crippen molar-refractivity contribution in [1.82, 2.24) is 15.6 Å². The maximum atomic E-state index is 12.6. The predicted molar refractivity (Wildman–Crippen MR) is 94.5 cm³/mol. The highest BCUT2D eigenvalue weighted by atomic mass is 79.9. The quantitative estimate of drug-likeness (QED) is 0.441. The van der Waals surface area contributed by atoms with Gasteiger partial charge in [0.25, 0.3) is 0 Å². The van der Waals surface area contributed by atoms with Gasteiger partial charge in [0, 0.05) is 17.6 Å². The van der Waals surface area contributed by atoms with Crippen LogP contribution in [-0.4, -0.2) is 32.2 Å². The number of nitrogens with zero attached hydrogens (tertiary/aromatic N) is 1. The molecule has 3 heterocycles. The van der Waals surface area contributed by atoms with Gasteiger partial charge in [-0.3, -0.25) is 25.2 Å². The van der Waals surface area contributed by atoms with E-state index in [9.17, 15) is 14.4 Å². The average Bonchev–Trinajstić information content (AvgIpc) is 2.96. The number of halogens is 1. The fourth-order valence-corrected chi connectivity index (χ4v) is 5.02. The van der Waals surface area contributed by atoms with Gasteiger partial charge in [0.2, 0.25) is 11.8 Å². The lowest BCUT2D eigenvalue weighted by molar-refractivity contribution is -0.145. The standard InChI is InChI=1S/C16H16BrN3O3S/c17-12-2-1-11(24-12)9-16(6-3-10-4-7-18-8-5-10)13(21)19-15(23)20-14(16)22/h1-2,4-5,7-8,11-12H,3,6,9H2,(H2,19,20,21,22,23). The monoisotopic (exact) mass is 409 g/mol. The van der Waals surface area contributed by atoms with Crippen LogP contribution in [0.2, 0.25) is 0 Å². The number of carbonyl (C=O) groups is 3. The number of urea groups is 1. The molecular formula is C16H16BrN3O3S. The second-order valence-electron chi connectivity index (χ2n) is 5.79. The molecular weight excluding hydrogens is 394 g/mol. The third-order valence-corrected chi connectivity index (χ3v) is 6.29. The fraction of sp³-hybridized carbons (Fsp3) is 0.375. The second kappa shape index (κ2) is 7.06. The van der Waals surface area contributed by atoms with E-state index < -0.39 is 23.3 Å². The van der Waals surface area contributed by atoms with Crippen molar-refractivity contribution in [2.24, 2.45) is 5.41 Å². The molecule has 4 amide bonds. The molecule has 2 aliphatic heterocycles. The lowest BCUT2D eigenvalue weighted by atomic mass is 9.75. The summed E-state index contributed by atoms with van der Waals surface area (Å²) in [5, 5.41) is 4.55. The number of pyridine rings is 1. The minimum absolute atomic E-state index is 0.0384. The molecule has 1 saturated heterocycles. The Kier molecular flexibility index (Phi) is 5.05. The fourth-order valence-electron chi connectivity index (χ4n) is 2.93. The van der Waals surface area contributed by atoms with Crippen molar-refractivity contribution in [3.05, 3.63) is 42.2 Å². The van der Waals surface area contributed by atoms with E-state index in [0.29, 0.717) is 19.3 Å². The third-order valence-electron chi connectivity index (χ3n) is 4.24. The number of aromatic nitrogens is 1. The summed E-state index contributed by atoms with van der Waals surface area (Å²) >= 11 is 5.13. The zero-order valence-electron chi connectivity index (χ0n) is 12.7. The van der Waals surface area contributed by atoms with Crippen molar-refractivity contribution in [3.63, 3.8) is 0 Å². The van der Waals surface area contributed by atoms with E-state index in [1.54, 1.807) is 24.2 Å². The van der Waals surface area contributed by atoms with Gasteiger partial charge in [-0.05, 0) is 37.0 Å². The first-order valence-electron chi connectivity index (χ1n) is 7.53. The molecule has 0 aliphatic carbocycles. The van der Waals surface area contributed by atoms with E-state index >= 15 is 0 Å². The number of aryl methyl sites for hydroxylation is 1. The smallest absolute Gasteiger partial charge is 0.277 e. The number of nitrogens with one attached hydrogen (secondary N) is 2. The number of rotatable bonds is 5. The summed E-state index contributed by atoms with van der Waals surface area (Å²) in [6.07, 6.45) is 8.59. The summed E-state index contributed by atoms with van der Waals surface area (Å²) in [5.41, 5.74) is -0.258. The van der Waals surface area contributed by atoms with Gasteiger partial charge in [-0.25, -0.2) is 4.79 Å². The molecule has 0 spiro atoms. The molecule has 24 heavy (non-hydrogen) atoms. The van der Waals surface area contributed by atoms with Gasteiger partial charge in [0.05, 0.1) is 4.16 Å². The molecule has 126 valence electrons. The summed E-state index contributed by atoms with van der Waals surface area (Å²) in [7, 11) is 0. The maximum Gasteiger partial charge on any atom is 0.328 e. The molecule has 3 rings (SSSR count). The first-order valence-corrected chi connectivity index (χ1v) is 9.39. The Morgan fingerprint density at radius 3 is 2.38 bits per heavy atom. The highest BCUT2D eigenvalue weighted by Crippen LogP contribution is 2.41. The first kappa shape index (κ1) is 17.2. The van der Waals surface area contributed by atoms with Gasteiger partial charge < -0.3 is 0 Å². The van der Waals surface area contributed by atoms with Gasteiger partial charge in [0.1, 0.15) is 5.41 Å². The van der Waals surface area contributed by atoms with Crippen LogP contribution in [0.5, 0.6) is 0 Å². The van der Waals surface area contributed by atoms with Crippen molar-refractivity contribution in [2.45, 2.75) is 28.7 Å². The minimum Gasteiger partial charge on any atom is -0.277 e. The van der Waals surface area contributed by atoms with Gasteiger partial charge in [-0.2, -0.15) is 0 Å². The number of amides is 4. The first-order chi connectivity index (χ1) is 11.5. The topological polar surface area (TPSA) is 88.2 Å². The normalized spacial score (nSPS) is 25.5. The van der Waals surface area contributed by atoms with Crippen molar-refractivity contribution in [3.8, 4) is 0 Å². The highest BCUT2D eigenvalue weighted by molar-refractivity contribution is 9.11. The van der Waals surface area contributed by atoms with Gasteiger partial charge in [-0.15, -0.1) is 11.8 Å². The van der Waals surface area contributed by atoms with Crippen molar-refractivity contribution in [1.29, 1.82) is 0 Å². The van der Waals surface area contributed by atoms with Crippen LogP contribution in [0.3, 0.4) is 0 Å². The van der Waals surface area contributed by atoms with Crippen LogP contribution in [0.1, 0.15) is 18.4 Å². The second-order valence-corrected chi connectivity index (χ2v) is 8.77. The molecule has 0 bridgehead atoms. The average molecular weight is 410 g/mol. The molecule has 2 atom stereocenters. The molecule has 8 heteroatoms. The molecule has 2 aliphatic rings. The summed E-state index contributed by atoms with van der Waals surface area (Å²) < 4.78 is 0.177. The van der Waals surface area contributed by atoms with Gasteiger partial charge in [0.15, 0.2) is 0 Å². The molecule has 6 nitrogen and oxygen atoms in total. The number of barbiturate groups is 1. The van der Waals surface area contributed by atoms with Crippen LogP contribution in [0.25, 0.3) is 0 Å². The van der Waals surface area contributed by atoms with E-state index in [4.69, 9.17) is 0 Å². The van der Waals surface area contributed by atoms with Crippen LogP contribution in [-0.2, 0) is 16.0 Å². The largest absolute Gasteiger partial charge is 0.328 e. The van der Waals surface area contributed by atoms with E-state index in [0.717, 1.165) is 5.56 Å². The van der Waals surface area contributed by atoms with Gasteiger partial charge >= 0.3 is 6.03 Å². The number of imide groups is 2. The van der Waals surface area contributed by atoms with Crippen molar-refractivity contribution < 1.29 is 14.4 Å². The molecule has 2 N–H and O–H groups in total. The lowest BCUT2D eigenvalue weighted by Gasteiger charge is -2.35. The van der Waals surface area contributed by atoms with Gasteiger partial charge in [-0.1, -0.05) is 28.1 Å². The molecule has 0 saturated carbocycles. The number of hydrogen-bond donors (Lipinski definition) is 2. The Balaban J connectivity index is 1.82. The lowest BCUT2D eigenvalue weighted by Crippen LogP contribution is -2.63. The number of alkyl halides is 1. The highest BCUT2D eigenvalue weighted by Gasteiger charge is 2.51. The van der Waals surface area contributed by atoms with Crippen LogP contribution in [0.4, 0.5) is 4.79 Å². The van der Waals surface area contributed by atoms with Crippen LogP contribution in [0, 0.1) is 5.41 Å². The molecule has 1 aromatic rings. The zero-order valence-corrected chi connectivity index (χ0v) is 15.1. The minimum atomic E-state index is -1.25. The number of thioether (sulfide) groups is 1. The van der Waals surface area contributed by atoms with E-state index in [-0.39, 0.29) is 9.41 Å². The molecule has 0 radical (unpaired) electrons. The zero-order chi connectivity index (χ0) is 17.2. The van der Waals surface area contributed by atoms with Crippen molar-refractivity contribution >= 4 is 45.5 Å². The predicted octanol–water partition coefficient (Wildman–Crippen LogP) is 2.15.